The first-order chi connectivity index (χ1) is 5.81. The van der Waals surface area contributed by atoms with Crippen molar-refractivity contribution >= 4 is 0 Å². The summed E-state index contributed by atoms with van der Waals surface area (Å²) in [6, 6.07) is 4.81. The summed E-state index contributed by atoms with van der Waals surface area (Å²) in [5, 5.41) is 0. The van der Waals surface area contributed by atoms with Gasteiger partial charge in [-0.1, -0.05) is 18.2 Å². The van der Waals surface area contributed by atoms with Gasteiger partial charge >= 0.3 is 0 Å². The molecule has 0 aliphatic heterocycles. The third-order valence-corrected chi connectivity index (χ3v) is 1.79. The fraction of sp³-hybridized carbons (Fsp3) is 0.333. The van der Waals surface area contributed by atoms with Crippen molar-refractivity contribution in [1.82, 2.24) is 0 Å². The quantitative estimate of drug-likeness (QED) is 0.740. The van der Waals surface area contributed by atoms with Gasteiger partial charge in [-0.05, 0) is 16.7 Å². The van der Waals surface area contributed by atoms with E-state index in [0.717, 1.165) is 5.56 Å². The number of hydrogen-bond donors (Lipinski definition) is 1. The van der Waals surface area contributed by atoms with Crippen molar-refractivity contribution in [2.75, 3.05) is 0 Å². The highest BCUT2D eigenvalue weighted by Crippen LogP contribution is 2.13. The first kappa shape index (κ1) is 9.13. The lowest BCUT2D eigenvalue weighted by molar-refractivity contribution is 0.473. The van der Waals surface area contributed by atoms with Crippen LogP contribution in [0, 0.1) is 0 Å². The summed E-state index contributed by atoms with van der Waals surface area (Å²) >= 11 is 0. The van der Waals surface area contributed by atoms with E-state index >= 15 is 0 Å². The lowest BCUT2D eigenvalue weighted by Gasteiger charge is -2.04. The second-order valence-electron chi connectivity index (χ2n) is 2.57. The van der Waals surface area contributed by atoms with Gasteiger partial charge in [0.2, 0.25) is 0 Å². The van der Waals surface area contributed by atoms with Gasteiger partial charge in [-0.25, -0.2) is 8.78 Å². The third kappa shape index (κ3) is 1.80. The van der Waals surface area contributed by atoms with Gasteiger partial charge in [-0.3, -0.25) is 0 Å². The molecule has 2 N–H and O–H groups in total. The maximum absolute atomic E-state index is 12.3. The van der Waals surface area contributed by atoms with Gasteiger partial charge in [0.25, 0.3) is 0 Å². The Morgan fingerprint density at radius 2 is 1.83 bits per heavy atom. The zero-order valence-electron chi connectivity index (χ0n) is 6.69. The Labute approximate surface area is 70.2 Å². The number of hydrogen-bond acceptors (Lipinski definition) is 1. The fourth-order valence-corrected chi connectivity index (χ4v) is 1.09. The van der Waals surface area contributed by atoms with Crippen LogP contribution in [0.3, 0.4) is 0 Å². The molecule has 0 fully saturated rings. The van der Waals surface area contributed by atoms with Crippen molar-refractivity contribution in [3.8, 4) is 0 Å². The standard InChI is InChI=1S/C9H11F2N/c10-4-7-1-2-8(6-12)9(3-7)5-11/h1-3H,4-6,12H2. The minimum atomic E-state index is -0.583. The maximum Gasteiger partial charge on any atom is 0.115 e. The molecule has 0 spiro atoms. The monoisotopic (exact) mass is 171 g/mol. The summed E-state index contributed by atoms with van der Waals surface area (Å²) in [5.74, 6) is 0. The van der Waals surface area contributed by atoms with Crippen LogP contribution in [-0.4, -0.2) is 0 Å². The summed E-state index contributed by atoms with van der Waals surface area (Å²) < 4.78 is 24.4. The van der Waals surface area contributed by atoms with Gasteiger partial charge in [-0.15, -0.1) is 0 Å². The van der Waals surface area contributed by atoms with Gasteiger partial charge < -0.3 is 5.73 Å². The first-order valence-corrected chi connectivity index (χ1v) is 3.74. The SMILES string of the molecule is NCc1ccc(CF)cc1CF. The lowest BCUT2D eigenvalue weighted by Crippen LogP contribution is -2.01. The summed E-state index contributed by atoms with van der Waals surface area (Å²) in [7, 11) is 0. The molecule has 0 amide bonds. The van der Waals surface area contributed by atoms with E-state index in [1.807, 2.05) is 0 Å². The Kier molecular flexibility index (Phi) is 3.17. The van der Waals surface area contributed by atoms with Crippen LogP contribution in [0.2, 0.25) is 0 Å². The van der Waals surface area contributed by atoms with Crippen LogP contribution in [0.4, 0.5) is 8.78 Å². The Morgan fingerprint density at radius 1 is 1.08 bits per heavy atom. The number of benzene rings is 1. The Hall–Kier alpha value is -0.960. The molecule has 0 radical (unpaired) electrons. The fourth-order valence-electron chi connectivity index (χ4n) is 1.09. The predicted molar refractivity (Wildman–Crippen MR) is 44.0 cm³/mol. The van der Waals surface area contributed by atoms with Crippen LogP contribution in [0.5, 0.6) is 0 Å². The van der Waals surface area contributed by atoms with Crippen molar-refractivity contribution in [2.45, 2.75) is 19.9 Å². The summed E-state index contributed by atoms with van der Waals surface area (Å²) in [5.41, 5.74) is 7.10. The van der Waals surface area contributed by atoms with E-state index in [9.17, 15) is 8.78 Å². The minimum absolute atomic E-state index is 0.297. The zero-order valence-corrected chi connectivity index (χ0v) is 6.69. The largest absolute Gasteiger partial charge is 0.326 e. The van der Waals surface area contributed by atoms with E-state index in [-0.39, 0.29) is 0 Å². The molecule has 0 heterocycles. The van der Waals surface area contributed by atoms with Crippen LogP contribution in [0.25, 0.3) is 0 Å². The highest BCUT2D eigenvalue weighted by Gasteiger charge is 2.01. The molecule has 1 aromatic rings. The second kappa shape index (κ2) is 4.16. The second-order valence-corrected chi connectivity index (χ2v) is 2.57. The van der Waals surface area contributed by atoms with Crippen LogP contribution < -0.4 is 5.73 Å². The molecule has 3 heteroatoms. The van der Waals surface area contributed by atoms with Crippen LogP contribution >= 0.6 is 0 Å². The van der Waals surface area contributed by atoms with E-state index in [1.54, 1.807) is 12.1 Å². The molecule has 0 aliphatic rings. The average Bonchev–Trinajstić information content (AvgIpc) is 2.16. The van der Waals surface area contributed by atoms with Gasteiger partial charge in [-0.2, -0.15) is 0 Å². The molecular formula is C9H11F2N. The molecule has 0 aliphatic carbocycles. The van der Waals surface area contributed by atoms with Crippen LogP contribution in [-0.2, 0) is 19.9 Å². The Bertz CT molecular complexity index is 261. The smallest absolute Gasteiger partial charge is 0.115 e. The molecule has 1 rings (SSSR count). The highest BCUT2D eigenvalue weighted by atomic mass is 19.1. The Morgan fingerprint density at radius 3 is 2.33 bits per heavy atom. The molecule has 0 saturated carbocycles. The van der Waals surface area contributed by atoms with Crippen molar-refractivity contribution in [3.63, 3.8) is 0 Å². The van der Waals surface area contributed by atoms with E-state index in [4.69, 9.17) is 5.73 Å². The van der Waals surface area contributed by atoms with E-state index in [0.29, 0.717) is 17.7 Å². The van der Waals surface area contributed by atoms with Gasteiger partial charge in [0.15, 0.2) is 0 Å². The van der Waals surface area contributed by atoms with Crippen molar-refractivity contribution < 1.29 is 8.78 Å². The molecule has 0 saturated heterocycles. The molecule has 1 aromatic carbocycles. The number of halogens is 2. The van der Waals surface area contributed by atoms with Gasteiger partial charge in [0, 0.05) is 6.54 Å². The maximum atomic E-state index is 12.3. The molecule has 66 valence electrons. The summed E-state index contributed by atoms with van der Waals surface area (Å²) in [6.45, 7) is -0.843. The molecule has 0 aromatic heterocycles. The van der Waals surface area contributed by atoms with E-state index in [2.05, 4.69) is 0 Å². The van der Waals surface area contributed by atoms with Crippen molar-refractivity contribution in [3.05, 3.63) is 34.9 Å². The third-order valence-electron chi connectivity index (χ3n) is 1.79. The minimum Gasteiger partial charge on any atom is -0.326 e. The molecule has 1 nitrogen and oxygen atoms in total. The molecule has 0 bridgehead atoms. The topological polar surface area (TPSA) is 26.0 Å². The van der Waals surface area contributed by atoms with Crippen molar-refractivity contribution in [2.24, 2.45) is 5.73 Å². The molecule has 0 atom stereocenters. The van der Waals surface area contributed by atoms with Crippen LogP contribution in [0.1, 0.15) is 16.7 Å². The van der Waals surface area contributed by atoms with Gasteiger partial charge in [0.1, 0.15) is 13.3 Å². The zero-order chi connectivity index (χ0) is 8.97. The number of alkyl halides is 2. The first-order valence-electron chi connectivity index (χ1n) is 3.74. The highest BCUT2D eigenvalue weighted by molar-refractivity contribution is 5.31. The predicted octanol–water partition coefficient (Wildman–Crippen LogP) is 2.08. The van der Waals surface area contributed by atoms with Crippen molar-refractivity contribution in [1.29, 1.82) is 0 Å². The summed E-state index contributed by atoms with van der Waals surface area (Å²) in [4.78, 5) is 0. The van der Waals surface area contributed by atoms with E-state index < -0.39 is 13.3 Å². The molecule has 0 unspecified atom stereocenters. The normalized spacial score (nSPS) is 10.2. The molecular weight excluding hydrogens is 160 g/mol. The van der Waals surface area contributed by atoms with Crippen LogP contribution in [0.15, 0.2) is 18.2 Å². The average molecular weight is 171 g/mol. The summed E-state index contributed by atoms with van der Waals surface area (Å²) in [6.07, 6.45) is 0. The number of nitrogens with two attached hydrogens (primary N) is 1. The lowest BCUT2D eigenvalue weighted by atomic mass is 10.1. The Balaban J connectivity index is 3.02. The van der Waals surface area contributed by atoms with Gasteiger partial charge in [0.05, 0.1) is 0 Å². The van der Waals surface area contributed by atoms with E-state index in [1.165, 1.54) is 6.07 Å². The molecule has 12 heavy (non-hydrogen) atoms. The number of rotatable bonds is 3.